The number of aromatic nitrogens is 1. The highest BCUT2D eigenvalue weighted by Crippen LogP contribution is 2.26. The van der Waals surface area contributed by atoms with E-state index in [-0.39, 0.29) is 5.96 Å². The molecule has 2 rings (SSSR count). The van der Waals surface area contributed by atoms with Gasteiger partial charge in [-0.1, -0.05) is 0 Å². The first-order valence-electron chi connectivity index (χ1n) is 3.85. The zero-order chi connectivity index (χ0) is 9.97. The molecule has 0 spiro atoms. The number of guanidine groups is 1. The maximum Gasteiger partial charge on any atom is 0.212 e. The number of hydrogen-bond acceptors (Lipinski definition) is 4. The lowest BCUT2D eigenvalue weighted by atomic mass is 10.4. The summed E-state index contributed by atoms with van der Waals surface area (Å²) in [7, 11) is 0. The Morgan fingerprint density at radius 1 is 1.50 bits per heavy atom. The van der Waals surface area contributed by atoms with Crippen LogP contribution in [0.15, 0.2) is 33.2 Å². The van der Waals surface area contributed by atoms with Gasteiger partial charge in [-0.25, -0.2) is 4.98 Å². The minimum absolute atomic E-state index is 0.00495. The fourth-order valence-corrected chi connectivity index (χ4v) is 1.66. The average molecular weight is 208 g/mol. The van der Waals surface area contributed by atoms with E-state index < -0.39 is 0 Å². The molecule has 0 radical (unpaired) electrons. The van der Waals surface area contributed by atoms with Crippen LogP contribution in [0.3, 0.4) is 0 Å². The zero-order valence-corrected chi connectivity index (χ0v) is 7.99. The van der Waals surface area contributed by atoms with Crippen molar-refractivity contribution in [3.8, 4) is 11.5 Å². The highest BCUT2D eigenvalue weighted by Gasteiger charge is 2.05. The van der Waals surface area contributed by atoms with Gasteiger partial charge < -0.3 is 15.9 Å². The number of rotatable bonds is 2. The maximum atomic E-state index is 5.22. The molecular formula is C8H8N4OS. The van der Waals surface area contributed by atoms with Crippen LogP contribution in [-0.4, -0.2) is 10.9 Å². The van der Waals surface area contributed by atoms with E-state index in [2.05, 4.69) is 9.98 Å². The topological polar surface area (TPSA) is 90.4 Å². The lowest BCUT2D eigenvalue weighted by Crippen LogP contribution is -2.21. The Balaban J connectivity index is 2.31. The Morgan fingerprint density at radius 3 is 3.00 bits per heavy atom. The molecule has 0 saturated carbocycles. The molecule has 0 aliphatic rings. The first-order chi connectivity index (χ1) is 6.75. The van der Waals surface area contributed by atoms with Crippen molar-refractivity contribution in [1.29, 1.82) is 0 Å². The van der Waals surface area contributed by atoms with Gasteiger partial charge in [0.1, 0.15) is 5.69 Å². The van der Waals surface area contributed by atoms with Crippen molar-refractivity contribution in [3.05, 3.63) is 23.8 Å². The fourth-order valence-electron chi connectivity index (χ4n) is 0.964. The quantitative estimate of drug-likeness (QED) is 0.575. The lowest BCUT2D eigenvalue weighted by molar-refractivity contribution is 0.580. The van der Waals surface area contributed by atoms with Gasteiger partial charge in [-0.15, -0.1) is 11.3 Å². The molecule has 2 aromatic heterocycles. The number of thiazole rings is 1. The minimum Gasteiger partial charge on any atom is -0.463 e. The van der Waals surface area contributed by atoms with Crippen molar-refractivity contribution in [2.45, 2.75) is 0 Å². The van der Waals surface area contributed by atoms with Gasteiger partial charge in [0, 0.05) is 5.38 Å². The third-order valence-electron chi connectivity index (χ3n) is 1.49. The summed E-state index contributed by atoms with van der Waals surface area (Å²) >= 11 is 1.36. The average Bonchev–Trinajstić information content (AvgIpc) is 2.69. The molecule has 0 fully saturated rings. The summed E-state index contributed by atoms with van der Waals surface area (Å²) in [5, 5.41) is 2.36. The molecule has 2 aromatic rings. The molecule has 0 aromatic carbocycles. The highest BCUT2D eigenvalue weighted by molar-refractivity contribution is 7.13. The van der Waals surface area contributed by atoms with Gasteiger partial charge in [-0.05, 0) is 12.1 Å². The van der Waals surface area contributed by atoms with Crippen LogP contribution in [0.1, 0.15) is 0 Å². The predicted octanol–water partition coefficient (Wildman–Crippen LogP) is 1.31. The fraction of sp³-hybridized carbons (Fsp3) is 0. The summed E-state index contributed by atoms with van der Waals surface area (Å²) < 4.78 is 5.17. The van der Waals surface area contributed by atoms with E-state index in [0.29, 0.717) is 10.9 Å². The highest BCUT2D eigenvalue weighted by atomic mass is 32.1. The van der Waals surface area contributed by atoms with E-state index in [1.165, 1.54) is 11.3 Å². The summed E-state index contributed by atoms with van der Waals surface area (Å²) in [6.07, 6.45) is 1.59. The van der Waals surface area contributed by atoms with Crippen LogP contribution >= 0.6 is 11.3 Å². The molecule has 0 amide bonds. The second kappa shape index (κ2) is 3.51. The monoisotopic (exact) mass is 208 g/mol. The molecule has 4 N–H and O–H groups in total. The van der Waals surface area contributed by atoms with E-state index in [1.807, 2.05) is 11.4 Å². The third kappa shape index (κ3) is 1.74. The summed E-state index contributed by atoms with van der Waals surface area (Å²) in [4.78, 5) is 8.00. The van der Waals surface area contributed by atoms with Crippen molar-refractivity contribution < 1.29 is 4.42 Å². The number of furan rings is 1. The second-order valence-corrected chi connectivity index (χ2v) is 3.37. The van der Waals surface area contributed by atoms with Crippen molar-refractivity contribution in [3.63, 3.8) is 0 Å². The summed E-state index contributed by atoms with van der Waals surface area (Å²) in [6.45, 7) is 0. The smallest absolute Gasteiger partial charge is 0.212 e. The molecule has 5 nitrogen and oxygen atoms in total. The number of hydrogen-bond donors (Lipinski definition) is 2. The summed E-state index contributed by atoms with van der Waals surface area (Å²) in [6, 6.07) is 3.63. The Hall–Kier alpha value is -1.82. The van der Waals surface area contributed by atoms with E-state index in [0.717, 1.165) is 5.69 Å². The number of nitrogens with two attached hydrogens (primary N) is 2. The zero-order valence-electron chi connectivity index (χ0n) is 7.18. The molecule has 2 heterocycles. The largest absolute Gasteiger partial charge is 0.463 e. The van der Waals surface area contributed by atoms with Crippen molar-refractivity contribution in [1.82, 2.24) is 4.98 Å². The van der Waals surface area contributed by atoms with Gasteiger partial charge in [0.05, 0.1) is 6.26 Å². The molecule has 6 heteroatoms. The van der Waals surface area contributed by atoms with Crippen LogP contribution in [0, 0.1) is 0 Å². The number of aliphatic imine (C=N–C) groups is 1. The lowest BCUT2D eigenvalue weighted by Gasteiger charge is -1.87. The number of nitrogens with zero attached hydrogens (tertiary/aromatic N) is 2. The predicted molar refractivity (Wildman–Crippen MR) is 55.3 cm³/mol. The summed E-state index contributed by atoms with van der Waals surface area (Å²) in [5.74, 6) is 0.712. The van der Waals surface area contributed by atoms with Crippen LogP contribution in [0.5, 0.6) is 0 Å². The van der Waals surface area contributed by atoms with Crippen molar-refractivity contribution in [2.75, 3.05) is 0 Å². The minimum atomic E-state index is 0.00495. The van der Waals surface area contributed by atoms with Crippen LogP contribution in [0.2, 0.25) is 0 Å². The van der Waals surface area contributed by atoms with Gasteiger partial charge in [-0.2, -0.15) is 4.99 Å². The van der Waals surface area contributed by atoms with Gasteiger partial charge in [0.15, 0.2) is 11.7 Å². The molecule has 0 unspecified atom stereocenters. The third-order valence-corrected chi connectivity index (χ3v) is 2.22. The van der Waals surface area contributed by atoms with Gasteiger partial charge >= 0.3 is 0 Å². The Morgan fingerprint density at radius 2 is 2.36 bits per heavy atom. The van der Waals surface area contributed by atoms with E-state index >= 15 is 0 Å². The molecule has 72 valence electrons. The molecule has 0 saturated heterocycles. The van der Waals surface area contributed by atoms with Crippen LogP contribution in [0.25, 0.3) is 11.5 Å². The molecule has 14 heavy (non-hydrogen) atoms. The molecular weight excluding hydrogens is 200 g/mol. The van der Waals surface area contributed by atoms with Crippen LogP contribution in [0.4, 0.5) is 5.13 Å². The molecule has 0 aliphatic heterocycles. The Labute approximate surface area is 84.1 Å². The van der Waals surface area contributed by atoms with Crippen molar-refractivity contribution in [2.24, 2.45) is 16.5 Å². The second-order valence-electron chi connectivity index (χ2n) is 2.53. The Bertz CT molecular complexity index is 442. The van der Waals surface area contributed by atoms with Crippen LogP contribution < -0.4 is 11.5 Å². The van der Waals surface area contributed by atoms with E-state index in [9.17, 15) is 0 Å². The Kier molecular flexibility index (Phi) is 2.19. The van der Waals surface area contributed by atoms with Gasteiger partial charge in [-0.3, -0.25) is 0 Å². The molecule has 0 atom stereocenters. The van der Waals surface area contributed by atoms with Crippen LogP contribution in [-0.2, 0) is 0 Å². The maximum absolute atomic E-state index is 5.22. The van der Waals surface area contributed by atoms with Gasteiger partial charge in [0.25, 0.3) is 0 Å². The van der Waals surface area contributed by atoms with E-state index in [4.69, 9.17) is 15.9 Å². The molecule has 0 aliphatic carbocycles. The van der Waals surface area contributed by atoms with Crippen molar-refractivity contribution >= 4 is 22.4 Å². The first kappa shape index (κ1) is 8.76. The SMILES string of the molecule is NC(N)=Nc1nc(-c2ccco2)cs1. The normalized spacial score (nSPS) is 10.0. The van der Waals surface area contributed by atoms with E-state index in [1.54, 1.807) is 12.3 Å². The van der Waals surface area contributed by atoms with Gasteiger partial charge in [0.2, 0.25) is 5.13 Å². The standard InChI is InChI=1S/C8H8N4OS/c9-7(10)12-8-11-5(4-14-8)6-2-1-3-13-6/h1-4H,(H4,9,10,11,12). The first-order valence-corrected chi connectivity index (χ1v) is 4.73. The molecule has 0 bridgehead atoms. The summed E-state index contributed by atoms with van der Waals surface area (Å²) in [5.41, 5.74) is 11.2.